The lowest BCUT2D eigenvalue weighted by Crippen LogP contribution is -2.29. The van der Waals surface area contributed by atoms with Crippen molar-refractivity contribution in [3.05, 3.63) is 58.1 Å². The third-order valence-corrected chi connectivity index (χ3v) is 3.76. The van der Waals surface area contributed by atoms with Gasteiger partial charge in [0.05, 0.1) is 5.56 Å². The van der Waals surface area contributed by atoms with Crippen molar-refractivity contribution >= 4 is 27.7 Å². The molecule has 0 aliphatic carbocycles. The van der Waals surface area contributed by atoms with Crippen LogP contribution in [0.25, 0.3) is 0 Å². The van der Waals surface area contributed by atoms with Gasteiger partial charge in [-0.05, 0) is 36.8 Å². The first kappa shape index (κ1) is 17.8. The minimum Gasteiger partial charge on any atom is -0.504 e. The van der Waals surface area contributed by atoms with Crippen molar-refractivity contribution in [2.24, 2.45) is 0 Å². The van der Waals surface area contributed by atoms with E-state index < -0.39 is 11.7 Å². The number of halogens is 1. The van der Waals surface area contributed by atoms with E-state index in [1.165, 1.54) is 18.2 Å². The summed E-state index contributed by atoms with van der Waals surface area (Å²) < 4.78 is 0.827. The van der Waals surface area contributed by atoms with Gasteiger partial charge in [0.1, 0.15) is 0 Å². The van der Waals surface area contributed by atoms with Crippen LogP contribution in [0.1, 0.15) is 27.1 Å². The van der Waals surface area contributed by atoms with Crippen molar-refractivity contribution < 1.29 is 19.8 Å². The Morgan fingerprint density at radius 1 is 0.958 bits per heavy atom. The average molecular weight is 393 g/mol. The number of carbonyl (C=O) groups is 2. The maximum absolute atomic E-state index is 11.9. The molecule has 24 heavy (non-hydrogen) atoms. The summed E-state index contributed by atoms with van der Waals surface area (Å²) in [4.78, 5) is 23.8. The lowest BCUT2D eigenvalue weighted by atomic mass is 10.1. The fraction of sp³-hybridized carbons (Fsp3) is 0.176. The summed E-state index contributed by atoms with van der Waals surface area (Å²) in [6, 6.07) is 11.2. The number of nitrogens with one attached hydrogen (secondary N) is 2. The molecule has 2 rings (SSSR count). The Hall–Kier alpha value is -2.54. The van der Waals surface area contributed by atoms with Gasteiger partial charge in [0.25, 0.3) is 11.8 Å². The van der Waals surface area contributed by atoms with E-state index in [0.29, 0.717) is 25.1 Å². The van der Waals surface area contributed by atoms with Gasteiger partial charge < -0.3 is 20.8 Å². The number of rotatable bonds is 6. The largest absolute Gasteiger partial charge is 0.504 e. The number of benzene rings is 2. The number of carbonyl (C=O) groups excluding carboxylic acids is 2. The Labute approximate surface area is 147 Å². The van der Waals surface area contributed by atoms with Crippen molar-refractivity contribution in [1.82, 2.24) is 10.6 Å². The molecule has 0 bridgehead atoms. The maximum Gasteiger partial charge on any atom is 0.255 e. The number of aromatic hydroxyl groups is 2. The molecule has 2 aromatic carbocycles. The highest BCUT2D eigenvalue weighted by Crippen LogP contribution is 2.27. The molecular formula is C17H17BrN2O4. The molecule has 4 N–H and O–H groups in total. The topological polar surface area (TPSA) is 98.7 Å². The molecule has 126 valence electrons. The highest BCUT2D eigenvalue weighted by Gasteiger charge is 2.13. The number of hydrogen-bond acceptors (Lipinski definition) is 4. The molecule has 0 atom stereocenters. The summed E-state index contributed by atoms with van der Waals surface area (Å²) in [6.07, 6.45) is 0.533. The molecule has 0 heterocycles. The fourth-order valence-electron chi connectivity index (χ4n) is 2.03. The quantitative estimate of drug-likeness (QED) is 0.448. The Kier molecular flexibility index (Phi) is 6.20. The number of phenols is 2. The SMILES string of the molecule is O=C(NCCCNC(=O)c1cccc(O)c1O)c1cccc(Br)c1. The zero-order valence-corrected chi connectivity index (χ0v) is 14.3. The Balaban J connectivity index is 1.74. The summed E-state index contributed by atoms with van der Waals surface area (Å²) in [6.45, 7) is 0.727. The first-order chi connectivity index (χ1) is 11.5. The molecule has 0 aliphatic heterocycles. The molecule has 6 nitrogen and oxygen atoms in total. The number of phenolic OH excluding ortho intramolecular Hbond substituents is 2. The summed E-state index contributed by atoms with van der Waals surface area (Å²) in [7, 11) is 0. The molecule has 2 amide bonds. The van der Waals surface area contributed by atoms with Gasteiger partial charge in [0.15, 0.2) is 11.5 Å². The number of hydrogen-bond donors (Lipinski definition) is 4. The van der Waals surface area contributed by atoms with Gasteiger partial charge in [-0.2, -0.15) is 0 Å². The summed E-state index contributed by atoms with van der Waals surface area (Å²) in [5.74, 6) is -1.46. The lowest BCUT2D eigenvalue weighted by Gasteiger charge is -2.08. The van der Waals surface area contributed by atoms with E-state index >= 15 is 0 Å². The smallest absolute Gasteiger partial charge is 0.255 e. The lowest BCUT2D eigenvalue weighted by molar-refractivity contribution is 0.0949. The predicted octanol–water partition coefficient (Wildman–Crippen LogP) is 2.41. The monoisotopic (exact) mass is 392 g/mol. The van der Waals surface area contributed by atoms with Crippen molar-refractivity contribution in [2.45, 2.75) is 6.42 Å². The second-order valence-electron chi connectivity index (χ2n) is 5.05. The van der Waals surface area contributed by atoms with E-state index in [1.54, 1.807) is 18.2 Å². The van der Waals surface area contributed by atoms with Crippen LogP contribution in [0.15, 0.2) is 46.9 Å². The molecule has 0 radical (unpaired) electrons. The second kappa shape index (κ2) is 8.35. The zero-order valence-electron chi connectivity index (χ0n) is 12.8. The van der Waals surface area contributed by atoms with Crippen LogP contribution in [0.3, 0.4) is 0 Å². The third-order valence-electron chi connectivity index (χ3n) is 3.27. The molecule has 2 aromatic rings. The van der Waals surface area contributed by atoms with Gasteiger partial charge in [-0.25, -0.2) is 0 Å². The van der Waals surface area contributed by atoms with E-state index in [2.05, 4.69) is 26.6 Å². The molecule has 0 aliphatic rings. The van der Waals surface area contributed by atoms with E-state index in [-0.39, 0.29) is 17.2 Å². The Morgan fingerprint density at radius 3 is 2.33 bits per heavy atom. The van der Waals surface area contributed by atoms with E-state index in [9.17, 15) is 19.8 Å². The van der Waals surface area contributed by atoms with Gasteiger partial charge in [-0.3, -0.25) is 9.59 Å². The highest BCUT2D eigenvalue weighted by atomic mass is 79.9. The highest BCUT2D eigenvalue weighted by molar-refractivity contribution is 9.10. The molecule has 0 aromatic heterocycles. The van der Waals surface area contributed by atoms with Gasteiger partial charge in [0.2, 0.25) is 0 Å². The van der Waals surface area contributed by atoms with Crippen LogP contribution in [0.2, 0.25) is 0 Å². The minimum absolute atomic E-state index is 0.00757. The Morgan fingerprint density at radius 2 is 1.62 bits per heavy atom. The van der Waals surface area contributed by atoms with E-state index in [0.717, 1.165) is 4.47 Å². The van der Waals surface area contributed by atoms with Crippen LogP contribution < -0.4 is 10.6 Å². The number of amides is 2. The van der Waals surface area contributed by atoms with Gasteiger partial charge in [-0.15, -0.1) is 0 Å². The first-order valence-corrected chi connectivity index (χ1v) is 8.11. The van der Waals surface area contributed by atoms with Crippen LogP contribution in [0, 0.1) is 0 Å². The number of para-hydroxylation sites is 1. The van der Waals surface area contributed by atoms with E-state index in [4.69, 9.17) is 0 Å². The summed E-state index contributed by atoms with van der Waals surface area (Å²) >= 11 is 3.31. The molecule has 0 fully saturated rings. The Bertz CT molecular complexity index is 749. The second-order valence-corrected chi connectivity index (χ2v) is 5.96. The van der Waals surface area contributed by atoms with E-state index in [1.807, 2.05) is 6.07 Å². The third kappa shape index (κ3) is 4.73. The van der Waals surface area contributed by atoms with Crippen molar-refractivity contribution in [2.75, 3.05) is 13.1 Å². The molecular weight excluding hydrogens is 376 g/mol. The van der Waals surface area contributed by atoms with Crippen molar-refractivity contribution in [1.29, 1.82) is 0 Å². The van der Waals surface area contributed by atoms with Crippen LogP contribution in [-0.2, 0) is 0 Å². The summed E-state index contributed by atoms with van der Waals surface area (Å²) in [5.41, 5.74) is 0.561. The van der Waals surface area contributed by atoms with Gasteiger partial charge >= 0.3 is 0 Å². The van der Waals surface area contributed by atoms with Crippen molar-refractivity contribution in [3.8, 4) is 11.5 Å². The summed E-state index contributed by atoms with van der Waals surface area (Å²) in [5, 5.41) is 24.4. The molecule has 0 unspecified atom stereocenters. The van der Waals surface area contributed by atoms with Crippen molar-refractivity contribution in [3.63, 3.8) is 0 Å². The average Bonchev–Trinajstić information content (AvgIpc) is 2.56. The van der Waals surface area contributed by atoms with Crippen LogP contribution in [0.4, 0.5) is 0 Å². The van der Waals surface area contributed by atoms with Crippen LogP contribution in [0.5, 0.6) is 11.5 Å². The zero-order chi connectivity index (χ0) is 17.5. The van der Waals surface area contributed by atoms with Crippen LogP contribution >= 0.6 is 15.9 Å². The predicted molar refractivity (Wildman–Crippen MR) is 93.2 cm³/mol. The minimum atomic E-state index is -0.485. The standard InChI is InChI=1S/C17H17BrN2O4/c18-12-5-1-4-11(10-12)16(23)19-8-3-9-20-17(24)13-6-2-7-14(21)15(13)22/h1-2,4-7,10,21-22H,3,8-9H2,(H,19,23)(H,20,24). The molecule has 0 saturated heterocycles. The maximum atomic E-state index is 11.9. The molecule has 7 heteroatoms. The molecule has 0 saturated carbocycles. The van der Waals surface area contributed by atoms with Gasteiger partial charge in [0, 0.05) is 23.1 Å². The first-order valence-electron chi connectivity index (χ1n) is 7.32. The molecule has 0 spiro atoms. The van der Waals surface area contributed by atoms with Gasteiger partial charge in [-0.1, -0.05) is 28.1 Å². The fourth-order valence-corrected chi connectivity index (χ4v) is 2.43. The van der Waals surface area contributed by atoms with Crippen LogP contribution in [-0.4, -0.2) is 35.1 Å². The normalized spacial score (nSPS) is 10.2.